The van der Waals surface area contributed by atoms with Gasteiger partial charge in [0, 0.05) is 19.0 Å². The van der Waals surface area contributed by atoms with Crippen LogP contribution in [0.15, 0.2) is 10.6 Å². The van der Waals surface area contributed by atoms with Crippen LogP contribution in [0, 0.1) is 12.8 Å². The maximum atomic E-state index is 11.7. The molecular weight excluding hydrogens is 270 g/mol. The fraction of sp³-hybridized carbons (Fsp3) is 0.636. The van der Waals surface area contributed by atoms with Gasteiger partial charge in [-0.3, -0.25) is 9.52 Å². The zero-order chi connectivity index (χ0) is 14.5. The van der Waals surface area contributed by atoms with Crippen LogP contribution >= 0.6 is 0 Å². The third-order valence-electron chi connectivity index (χ3n) is 2.17. The maximum Gasteiger partial charge on any atom is 0.235 e. The molecule has 0 saturated carbocycles. The number of nitrogens with zero attached hydrogens (tertiary/aromatic N) is 1. The quantitative estimate of drug-likeness (QED) is 0.776. The number of amides is 1. The Morgan fingerprint density at radius 3 is 2.68 bits per heavy atom. The number of nitrogens with one attached hydrogen (secondary N) is 2. The number of rotatable bonds is 7. The molecule has 0 radical (unpaired) electrons. The highest BCUT2D eigenvalue weighted by atomic mass is 32.2. The number of hydrogen-bond acceptors (Lipinski definition) is 5. The van der Waals surface area contributed by atoms with Gasteiger partial charge < -0.3 is 9.84 Å². The van der Waals surface area contributed by atoms with Crippen molar-refractivity contribution in [2.45, 2.75) is 27.2 Å². The van der Waals surface area contributed by atoms with Gasteiger partial charge in [0.15, 0.2) is 5.82 Å². The van der Waals surface area contributed by atoms with Crippen LogP contribution in [0.5, 0.6) is 0 Å². The summed E-state index contributed by atoms with van der Waals surface area (Å²) in [6.45, 7) is 5.57. The second-order valence-corrected chi connectivity index (χ2v) is 6.53. The summed E-state index contributed by atoms with van der Waals surface area (Å²) >= 11 is 0. The molecule has 1 amide bonds. The van der Waals surface area contributed by atoms with Crippen LogP contribution in [0.25, 0.3) is 0 Å². The molecule has 0 aromatic carbocycles. The lowest BCUT2D eigenvalue weighted by Gasteiger charge is -2.08. The summed E-state index contributed by atoms with van der Waals surface area (Å²) in [5.41, 5.74) is 0. The number of anilines is 1. The molecule has 1 rings (SSSR count). The zero-order valence-corrected chi connectivity index (χ0v) is 12.1. The summed E-state index contributed by atoms with van der Waals surface area (Å²) in [7, 11) is -3.53. The van der Waals surface area contributed by atoms with Gasteiger partial charge in [0.1, 0.15) is 5.76 Å². The third kappa shape index (κ3) is 6.23. The first-order valence-corrected chi connectivity index (χ1v) is 7.64. The van der Waals surface area contributed by atoms with Gasteiger partial charge in [-0.25, -0.2) is 8.42 Å². The van der Waals surface area contributed by atoms with Crippen LogP contribution < -0.4 is 10.0 Å². The van der Waals surface area contributed by atoms with Crippen molar-refractivity contribution in [3.05, 3.63) is 11.8 Å². The molecule has 0 bridgehead atoms. The Bertz CT molecular complexity index is 522. The molecule has 108 valence electrons. The Morgan fingerprint density at radius 1 is 1.47 bits per heavy atom. The van der Waals surface area contributed by atoms with E-state index in [-0.39, 0.29) is 29.9 Å². The highest BCUT2D eigenvalue weighted by Crippen LogP contribution is 2.09. The minimum Gasteiger partial charge on any atom is -0.360 e. The second-order valence-electron chi connectivity index (χ2n) is 4.69. The van der Waals surface area contributed by atoms with E-state index in [1.54, 1.807) is 6.92 Å². The van der Waals surface area contributed by atoms with Crippen molar-refractivity contribution in [3.8, 4) is 0 Å². The fourth-order valence-corrected chi connectivity index (χ4v) is 2.28. The van der Waals surface area contributed by atoms with E-state index in [2.05, 4.69) is 15.2 Å². The highest BCUT2D eigenvalue weighted by molar-refractivity contribution is 7.92. The summed E-state index contributed by atoms with van der Waals surface area (Å²) in [5.74, 6) is 0.548. The molecule has 0 aliphatic rings. The van der Waals surface area contributed by atoms with E-state index in [4.69, 9.17) is 4.52 Å². The van der Waals surface area contributed by atoms with Gasteiger partial charge in [0.25, 0.3) is 0 Å². The molecule has 8 heteroatoms. The van der Waals surface area contributed by atoms with Crippen molar-refractivity contribution >= 4 is 21.7 Å². The number of aryl methyl sites for hydroxylation is 1. The predicted molar refractivity (Wildman–Crippen MR) is 71.1 cm³/mol. The highest BCUT2D eigenvalue weighted by Gasteiger charge is 2.13. The van der Waals surface area contributed by atoms with Crippen LogP contribution in [-0.2, 0) is 14.8 Å². The van der Waals surface area contributed by atoms with Crippen molar-refractivity contribution in [1.82, 2.24) is 10.5 Å². The molecule has 0 atom stereocenters. The first kappa shape index (κ1) is 15.5. The maximum absolute atomic E-state index is 11.7. The third-order valence-corrected chi connectivity index (χ3v) is 3.44. The molecule has 0 unspecified atom stereocenters. The second kappa shape index (κ2) is 6.55. The topological polar surface area (TPSA) is 101 Å². The molecule has 0 aliphatic heterocycles. The van der Waals surface area contributed by atoms with Crippen molar-refractivity contribution in [2.75, 3.05) is 17.0 Å². The number of aromatic nitrogens is 1. The monoisotopic (exact) mass is 289 g/mol. The van der Waals surface area contributed by atoms with Crippen LogP contribution in [0.2, 0.25) is 0 Å². The van der Waals surface area contributed by atoms with Gasteiger partial charge in [-0.2, -0.15) is 0 Å². The van der Waals surface area contributed by atoms with Gasteiger partial charge in [-0.15, -0.1) is 0 Å². The zero-order valence-electron chi connectivity index (χ0n) is 11.3. The Hall–Kier alpha value is -1.57. The van der Waals surface area contributed by atoms with E-state index in [0.717, 1.165) is 0 Å². The van der Waals surface area contributed by atoms with Crippen LogP contribution in [-0.4, -0.2) is 31.8 Å². The average molecular weight is 289 g/mol. The molecule has 0 spiro atoms. The number of carbonyl (C=O) groups excluding carboxylic acids is 1. The molecule has 7 nitrogen and oxygen atoms in total. The molecule has 19 heavy (non-hydrogen) atoms. The smallest absolute Gasteiger partial charge is 0.235 e. The summed E-state index contributed by atoms with van der Waals surface area (Å²) in [6, 6.07) is 1.48. The number of hydrogen-bond donors (Lipinski definition) is 2. The van der Waals surface area contributed by atoms with E-state index >= 15 is 0 Å². The molecule has 0 saturated heterocycles. The minimum atomic E-state index is -3.53. The van der Waals surface area contributed by atoms with E-state index in [1.807, 2.05) is 13.8 Å². The van der Waals surface area contributed by atoms with Gasteiger partial charge in [0.2, 0.25) is 15.9 Å². The van der Waals surface area contributed by atoms with Crippen LogP contribution in [0.1, 0.15) is 26.0 Å². The molecule has 0 aliphatic carbocycles. The van der Waals surface area contributed by atoms with Gasteiger partial charge in [-0.1, -0.05) is 19.0 Å². The number of sulfonamides is 1. The Balaban J connectivity index is 2.37. The summed E-state index contributed by atoms with van der Waals surface area (Å²) in [5, 5.41) is 6.09. The Labute approximate surface area is 112 Å². The Kier molecular flexibility index (Phi) is 5.34. The molecule has 0 fully saturated rings. The lowest BCUT2D eigenvalue weighted by Crippen LogP contribution is -2.31. The summed E-state index contributed by atoms with van der Waals surface area (Å²) in [6.07, 6.45) is 0.385. The molecule has 2 N–H and O–H groups in total. The first-order valence-electron chi connectivity index (χ1n) is 5.99. The van der Waals surface area contributed by atoms with Crippen molar-refractivity contribution in [3.63, 3.8) is 0 Å². The van der Waals surface area contributed by atoms with Crippen molar-refractivity contribution < 1.29 is 17.7 Å². The largest absolute Gasteiger partial charge is 0.360 e. The molecule has 1 heterocycles. The first-order chi connectivity index (χ1) is 8.78. The minimum absolute atomic E-state index is 0.0672. The SMILES string of the molecule is Cc1cc(NS(=O)(=O)CCNC(=O)CC(C)C)no1. The standard InChI is InChI=1S/C11H19N3O4S/c1-8(2)6-11(15)12-4-5-19(16,17)14-10-7-9(3)18-13-10/h7-8H,4-6H2,1-3H3,(H,12,15)(H,13,14). The van der Waals surface area contributed by atoms with Gasteiger partial charge in [-0.05, 0) is 12.8 Å². The van der Waals surface area contributed by atoms with E-state index in [1.165, 1.54) is 6.07 Å². The van der Waals surface area contributed by atoms with E-state index < -0.39 is 10.0 Å². The van der Waals surface area contributed by atoms with Gasteiger partial charge >= 0.3 is 0 Å². The van der Waals surface area contributed by atoms with E-state index in [0.29, 0.717) is 12.2 Å². The lowest BCUT2D eigenvalue weighted by molar-refractivity contribution is -0.121. The normalized spacial score (nSPS) is 11.6. The molecule has 1 aromatic heterocycles. The van der Waals surface area contributed by atoms with Crippen molar-refractivity contribution in [1.29, 1.82) is 0 Å². The summed E-state index contributed by atoms with van der Waals surface area (Å²) in [4.78, 5) is 11.3. The lowest BCUT2D eigenvalue weighted by atomic mass is 10.1. The van der Waals surface area contributed by atoms with E-state index in [9.17, 15) is 13.2 Å². The molecular formula is C11H19N3O4S. The Morgan fingerprint density at radius 2 is 2.16 bits per heavy atom. The fourth-order valence-electron chi connectivity index (χ4n) is 1.39. The van der Waals surface area contributed by atoms with Crippen molar-refractivity contribution in [2.24, 2.45) is 5.92 Å². The van der Waals surface area contributed by atoms with Crippen LogP contribution in [0.4, 0.5) is 5.82 Å². The molecule has 1 aromatic rings. The van der Waals surface area contributed by atoms with Gasteiger partial charge in [0.05, 0.1) is 5.75 Å². The average Bonchev–Trinajstić information content (AvgIpc) is 2.61. The number of carbonyl (C=O) groups is 1. The van der Waals surface area contributed by atoms with Crippen LogP contribution in [0.3, 0.4) is 0 Å². The predicted octanol–water partition coefficient (Wildman–Crippen LogP) is 0.887. The summed E-state index contributed by atoms with van der Waals surface area (Å²) < 4.78 is 30.4.